The Morgan fingerprint density at radius 3 is 2.83 bits per heavy atom. The lowest BCUT2D eigenvalue weighted by Crippen LogP contribution is -2.29. The van der Waals surface area contributed by atoms with E-state index in [0.717, 1.165) is 36.6 Å². The van der Waals surface area contributed by atoms with Crippen LogP contribution in [0, 0.1) is 0 Å². The molecule has 1 fully saturated rings. The summed E-state index contributed by atoms with van der Waals surface area (Å²) in [5, 5.41) is 18.4. The molecule has 0 bridgehead atoms. The minimum atomic E-state index is -0.170. The summed E-state index contributed by atoms with van der Waals surface area (Å²) in [6.07, 6.45) is 6.85. The Kier molecular flexibility index (Phi) is 3.78. The van der Waals surface area contributed by atoms with Crippen LogP contribution in [-0.2, 0) is 0 Å². The number of rotatable bonds is 3. The smallest absolute Gasteiger partial charge is 0.224 e. The summed E-state index contributed by atoms with van der Waals surface area (Å²) >= 11 is 0. The molecule has 0 amide bonds. The van der Waals surface area contributed by atoms with Crippen LogP contribution in [0.5, 0.6) is 0 Å². The van der Waals surface area contributed by atoms with Crippen molar-refractivity contribution in [1.82, 2.24) is 19.7 Å². The van der Waals surface area contributed by atoms with Crippen molar-refractivity contribution >= 4 is 22.5 Å². The molecule has 1 aromatic carbocycles. The van der Waals surface area contributed by atoms with Crippen LogP contribution in [0.2, 0.25) is 0 Å². The molecule has 0 saturated heterocycles. The van der Waals surface area contributed by atoms with Crippen molar-refractivity contribution in [3.63, 3.8) is 0 Å². The first kappa shape index (κ1) is 14.9. The molecule has 7 nitrogen and oxygen atoms in total. The van der Waals surface area contributed by atoms with Gasteiger partial charge in [-0.2, -0.15) is 10.1 Å². The molecule has 1 aliphatic rings. The molecule has 3 aromatic rings. The Labute approximate surface area is 139 Å². The number of aromatic nitrogens is 4. The Balaban J connectivity index is 1.61. The zero-order valence-electron chi connectivity index (χ0n) is 13.3. The second-order valence-electron chi connectivity index (χ2n) is 6.26. The summed E-state index contributed by atoms with van der Waals surface area (Å²) < 4.78 is 1.77. The molecule has 0 aliphatic heterocycles. The minimum absolute atomic E-state index is 0.170. The number of aliphatic hydroxyl groups is 1. The van der Waals surface area contributed by atoms with Gasteiger partial charge in [-0.1, -0.05) is 0 Å². The number of nitrogen functional groups attached to an aromatic ring is 1. The molecule has 24 heavy (non-hydrogen) atoms. The monoisotopic (exact) mass is 324 g/mol. The van der Waals surface area contributed by atoms with E-state index in [4.69, 9.17) is 5.73 Å². The molecule has 124 valence electrons. The van der Waals surface area contributed by atoms with E-state index in [1.54, 1.807) is 17.1 Å². The van der Waals surface area contributed by atoms with Gasteiger partial charge in [-0.15, -0.1) is 0 Å². The molecular weight excluding hydrogens is 304 g/mol. The third-order valence-corrected chi connectivity index (χ3v) is 4.48. The number of hydrogen-bond acceptors (Lipinski definition) is 6. The molecule has 4 N–H and O–H groups in total. The van der Waals surface area contributed by atoms with Crippen LogP contribution in [0.1, 0.15) is 25.7 Å². The van der Waals surface area contributed by atoms with Gasteiger partial charge in [-0.3, -0.25) is 0 Å². The summed E-state index contributed by atoms with van der Waals surface area (Å²) in [5.41, 5.74) is 7.50. The van der Waals surface area contributed by atoms with Crippen LogP contribution in [-0.4, -0.2) is 37.0 Å². The highest BCUT2D eigenvalue weighted by Crippen LogP contribution is 2.22. The van der Waals surface area contributed by atoms with E-state index in [2.05, 4.69) is 20.4 Å². The number of hydrogen-bond donors (Lipinski definition) is 3. The predicted molar refractivity (Wildman–Crippen MR) is 93.0 cm³/mol. The first-order valence-corrected chi connectivity index (χ1v) is 8.20. The molecule has 2 heterocycles. The Morgan fingerprint density at radius 1 is 1.17 bits per heavy atom. The van der Waals surface area contributed by atoms with E-state index in [-0.39, 0.29) is 6.10 Å². The maximum atomic E-state index is 9.60. The Morgan fingerprint density at radius 2 is 2.00 bits per heavy atom. The lowest BCUT2D eigenvalue weighted by molar-refractivity contribution is 0.126. The number of anilines is 2. The van der Waals surface area contributed by atoms with Gasteiger partial charge in [0.1, 0.15) is 0 Å². The van der Waals surface area contributed by atoms with Gasteiger partial charge in [0.2, 0.25) is 5.95 Å². The molecule has 1 aliphatic carbocycles. The van der Waals surface area contributed by atoms with Crippen molar-refractivity contribution in [2.24, 2.45) is 0 Å². The molecule has 0 radical (unpaired) electrons. The van der Waals surface area contributed by atoms with Gasteiger partial charge >= 0.3 is 0 Å². The Bertz CT molecular complexity index is 853. The standard InChI is InChI=1S/C17H20N6O/c18-12-2-1-11-10-20-23(15(11)9-12)16-7-8-19-17(22-16)21-13-3-5-14(24)6-4-13/h1-2,7-10,13-14,24H,3-6,18H2,(H,19,21,22)/t13-,14-. The lowest BCUT2D eigenvalue weighted by atomic mass is 9.93. The molecule has 0 unspecified atom stereocenters. The fourth-order valence-corrected chi connectivity index (χ4v) is 3.16. The highest BCUT2D eigenvalue weighted by Gasteiger charge is 2.20. The summed E-state index contributed by atoms with van der Waals surface area (Å²) in [6.45, 7) is 0. The third kappa shape index (κ3) is 2.90. The van der Waals surface area contributed by atoms with Crippen molar-refractivity contribution in [1.29, 1.82) is 0 Å². The topological polar surface area (TPSA) is 102 Å². The van der Waals surface area contributed by atoms with E-state index in [1.165, 1.54) is 0 Å². The van der Waals surface area contributed by atoms with E-state index in [9.17, 15) is 5.11 Å². The Hall–Kier alpha value is -2.67. The van der Waals surface area contributed by atoms with Gasteiger partial charge in [-0.25, -0.2) is 9.67 Å². The average molecular weight is 324 g/mol. The van der Waals surface area contributed by atoms with Crippen LogP contribution >= 0.6 is 0 Å². The SMILES string of the molecule is Nc1ccc2cnn(-c3ccnc(N[C@H]4CC[C@H](O)CC4)n3)c2c1. The van der Waals surface area contributed by atoms with E-state index in [0.29, 0.717) is 23.5 Å². The number of nitrogens with one attached hydrogen (secondary N) is 1. The van der Waals surface area contributed by atoms with Crippen molar-refractivity contribution in [3.8, 4) is 5.82 Å². The number of benzene rings is 1. The minimum Gasteiger partial charge on any atom is -0.399 e. The molecule has 0 atom stereocenters. The third-order valence-electron chi connectivity index (χ3n) is 4.48. The van der Waals surface area contributed by atoms with Gasteiger partial charge in [0.05, 0.1) is 17.8 Å². The fourth-order valence-electron chi connectivity index (χ4n) is 3.16. The van der Waals surface area contributed by atoms with Gasteiger partial charge in [0, 0.05) is 29.4 Å². The first-order valence-electron chi connectivity index (χ1n) is 8.20. The second-order valence-corrected chi connectivity index (χ2v) is 6.26. The van der Waals surface area contributed by atoms with Crippen molar-refractivity contribution in [2.45, 2.75) is 37.8 Å². The van der Waals surface area contributed by atoms with Gasteiger partial charge in [0.15, 0.2) is 5.82 Å². The van der Waals surface area contributed by atoms with E-state index < -0.39 is 0 Å². The molecule has 7 heteroatoms. The molecule has 4 rings (SSSR count). The maximum absolute atomic E-state index is 9.60. The fraction of sp³-hybridized carbons (Fsp3) is 0.353. The summed E-state index contributed by atoms with van der Waals surface area (Å²) in [6, 6.07) is 7.82. The lowest BCUT2D eigenvalue weighted by Gasteiger charge is -2.26. The van der Waals surface area contributed by atoms with E-state index >= 15 is 0 Å². The number of fused-ring (bicyclic) bond motifs is 1. The van der Waals surface area contributed by atoms with Crippen LogP contribution in [0.4, 0.5) is 11.6 Å². The van der Waals surface area contributed by atoms with Gasteiger partial charge < -0.3 is 16.2 Å². The first-order chi connectivity index (χ1) is 11.7. The van der Waals surface area contributed by atoms with Crippen LogP contribution in [0.3, 0.4) is 0 Å². The highest BCUT2D eigenvalue weighted by molar-refractivity contribution is 5.83. The average Bonchev–Trinajstić information content (AvgIpc) is 3.00. The zero-order valence-corrected chi connectivity index (χ0v) is 13.3. The number of aliphatic hydroxyl groups excluding tert-OH is 1. The highest BCUT2D eigenvalue weighted by atomic mass is 16.3. The quantitative estimate of drug-likeness (QED) is 0.638. The predicted octanol–water partition coefficient (Wildman–Crippen LogP) is 2.11. The summed E-state index contributed by atoms with van der Waals surface area (Å²) in [7, 11) is 0. The number of nitrogens with zero attached hydrogens (tertiary/aromatic N) is 4. The van der Waals surface area contributed by atoms with Crippen molar-refractivity contribution in [3.05, 3.63) is 36.7 Å². The van der Waals surface area contributed by atoms with Crippen molar-refractivity contribution in [2.75, 3.05) is 11.1 Å². The van der Waals surface area contributed by atoms with Crippen LogP contribution in [0.15, 0.2) is 36.7 Å². The van der Waals surface area contributed by atoms with Crippen LogP contribution < -0.4 is 11.1 Å². The summed E-state index contributed by atoms with van der Waals surface area (Å²) in [5.74, 6) is 1.28. The van der Waals surface area contributed by atoms with Crippen molar-refractivity contribution < 1.29 is 5.11 Å². The molecule has 2 aromatic heterocycles. The molecule has 0 spiro atoms. The largest absolute Gasteiger partial charge is 0.399 e. The van der Waals surface area contributed by atoms with Gasteiger partial charge in [0.25, 0.3) is 0 Å². The number of nitrogens with two attached hydrogens (primary N) is 1. The van der Waals surface area contributed by atoms with Crippen LogP contribution in [0.25, 0.3) is 16.7 Å². The molecular formula is C17H20N6O. The second kappa shape index (κ2) is 6.09. The van der Waals surface area contributed by atoms with Gasteiger partial charge in [-0.05, 0) is 43.9 Å². The maximum Gasteiger partial charge on any atom is 0.224 e. The normalized spacial score (nSPS) is 21.0. The summed E-state index contributed by atoms with van der Waals surface area (Å²) in [4.78, 5) is 8.89. The van der Waals surface area contributed by atoms with E-state index in [1.807, 2.05) is 24.3 Å². The molecule has 1 saturated carbocycles. The zero-order chi connectivity index (χ0) is 16.5.